The van der Waals surface area contributed by atoms with Crippen molar-refractivity contribution in [2.75, 3.05) is 13.1 Å². The molecule has 1 aromatic heterocycles. The minimum absolute atomic E-state index is 0.0971. The van der Waals surface area contributed by atoms with Crippen molar-refractivity contribution in [2.45, 2.75) is 25.3 Å². The van der Waals surface area contributed by atoms with E-state index in [1.807, 2.05) is 12.1 Å². The molecule has 0 aromatic carbocycles. The summed E-state index contributed by atoms with van der Waals surface area (Å²) < 4.78 is 0. The van der Waals surface area contributed by atoms with Gasteiger partial charge in [-0.1, -0.05) is 0 Å². The summed E-state index contributed by atoms with van der Waals surface area (Å²) in [5.74, 6) is 0.0971. The minimum Gasteiger partial charge on any atom is -0.352 e. The second kappa shape index (κ2) is 5.61. The summed E-state index contributed by atoms with van der Waals surface area (Å²) in [6, 6.07) is 4.04. The highest BCUT2D eigenvalue weighted by Gasteiger charge is 2.15. The van der Waals surface area contributed by atoms with E-state index in [2.05, 4.69) is 15.6 Å². The lowest BCUT2D eigenvalue weighted by Crippen LogP contribution is -2.46. The van der Waals surface area contributed by atoms with Gasteiger partial charge < -0.3 is 10.6 Å². The van der Waals surface area contributed by atoms with Crippen molar-refractivity contribution in [1.29, 1.82) is 0 Å². The van der Waals surface area contributed by atoms with Crippen LogP contribution < -0.4 is 10.6 Å². The van der Waals surface area contributed by atoms with E-state index in [1.165, 1.54) is 0 Å². The van der Waals surface area contributed by atoms with Gasteiger partial charge in [-0.05, 0) is 37.1 Å². The third-order valence-electron chi connectivity index (χ3n) is 2.78. The Labute approximate surface area is 95.5 Å². The summed E-state index contributed by atoms with van der Waals surface area (Å²) in [6.07, 6.45) is 6.09. The van der Waals surface area contributed by atoms with Crippen LogP contribution in [0.25, 0.3) is 0 Å². The average molecular weight is 219 g/mol. The highest BCUT2D eigenvalue weighted by atomic mass is 16.1. The second-order valence-electron chi connectivity index (χ2n) is 4.14. The summed E-state index contributed by atoms with van der Waals surface area (Å²) in [7, 11) is 0. The molecule has 0 bridgehead atoms. The van der Waals surface area contributed by atoms with Crippen molar-refractivity contribution in [1.82, 2.24) is 15.6 Å². The lowest BCUT2D eigenvalue weighted by atomic mass is 10.1. The molecular weight excluding hydrogens is 202 g/mol. The number of carbonyl (C=O) groups excluding carboxylic acids is 1. The topological polar surface area (TPSA) is 54.0 Å². The van der Waals surface area contributed by atoms with Gasteiger partial charge in [-0.3, -0.25) is 9.78 Å². The molecule has 1 aliphatic rings. The van der Waals surface area contributed by atoms with Crippen molar-refractivity contribution >= 4 is 5.91 Å². The van der Waals surface area contributed by atoms with Crippen LogP contribution in [0.3, 0.4) is 0 Å². The van der Waals surface area contributed by atoms with E-state index in [0.717, 1.165) is 31.5 Å². The molecule has 2 N–H and O–H groups in total. The fourth-order valence-corrected chi connectivity index (χ4v) is 1.94. The molecule has 4 nitrogen and oxygen atoms in total. The number of piperidine rings is 1. The third-order valence-corrected chi connectivity index (χ3v) is 2.78. The number of carbonyl (C=O) groups is 1. The zero-order valence-corrected chi connectivity index (χ0v) is 9.28. The number of nitrogens with one attached hydrogen (secondary N) is 2. The number of rotatable bonds is 3. The lowest BCUT2D eigenvalue weighted by Gasteiger charge is -2.23. The van der Waals surface area contributed by atoms with E-state index < -0.39 is 0 Å². The summed E-state index contributed by atoms with van der Waals surface area (Å²) in [4.78, 5) is 15.6. The molecule has 1 aromatic rings. The molecule has 1 saturated heterocycles. The van der Waals surface area contributed by atoms with Crippen molar-refractivity contribution in [3.05, 3.63) is 30.1 Å². The number of hydrogen-bond donors (Lipinski definition) is 2. The number of aromatic nitrogens is 1. The molecule has 86 valence electrons. The summed E-state index contributed by atoms with van der Waals surface area (Å²) in [6.45, 7) is 1.96. The first-order chi connectivity index (χ1) is 7.84. The average Bonchev–Trinajstić information content (AvgIpc) is 2.31. The zero-order valence-electron chi connectivity index (χ0n) is 9.28. The fraction of sp³-hybridized carbons (Fsp3) is 0.500. The maximum Gasteiger partial charge on any atom is 0.224 e. The van der Waals surface area contributed by atoms with Gasteiger partial charge >= 0.3 is 0 Å². The van der Waals surface area contributed by atoms with Crippen molar-refractivity contribution in [3.8, 4) is 0 Å². The Balaban J connectivity index is 1.80. The summed E-state index contributed by atoms with van der Waals surface area (Å²) in [5.41, 5.74) is 1.01. The Morgan fingerprint density at radius 2 is 2.31 bits per heavy atom. The van der Waals surface area contributed by atoms with Crippen LogP contribution in [-0.2, 0) is 11.2 Å². The van der Waals surface area contributed by atoms with Gasteiger partial charge in [-0.2, -0.15) is 0 Å². The van der Waals surface area contributed by atoms with Gasteiger partial charge in [0, 0.05) is 25.0 Å². The Bertz CT molecular complexity index is 333. The van der Waals surface area contributed by atoms with Crippen LogP contribution in [0.15, 0.2) is 24.5 Å². The molecule has 0 spiro atoms. The van der Waals surface area contributed by atoms with Gasteiger partial charge in [-0.15, -0.1) is 0 Å². The van der Waals surface area contributed by atoms with Crippen LogP contribution in [-0.4, -0.2) is 30.0 Å². The summed E-state index contributed by atoms with van der Waals surface area (Å²) >= 11 is 0. The van der Waals surface area contributed by atoms with Crippen LogP contribution >= 0.6 is 0 Å². The molecule has 2 rings (SSSR count). The van der Waals surface area contributed by atoms with Gasteiger partial charge in [0.1, 0.15) is 0 Å². The molecular formula is C12H17N3O. The highest BCUT2D eigenvalue weighted by Crippen LogP contribution is 2.02. The van der Waals surface area contributed by atoms with Gasteiger partial charge in [0.2, 0.25) is 5.91 Å². The number of pyridine rings is 1. The SMILES string of the molecule is O=C(Cc1ccncc1)NC1CCCNC1. The zero-order chi connectivity index (χ0) is 11.2. The molecule has 1 atom stereocenters. The van der Waals surface area contributed by atoms with Crippen LogP contribution in [0.1, 0.15) is 18.4 Å². The van der Waals surface area contributed by atoms with E-state index in [0.29, 0.717) is 12.5 Å². The largest absolute Gasteiger partial charge is 0.352 e. The van der Waals surface area contributed by atoms with Crippen molar-refractivity contribution < 1.29 is 4.79 Å². The van der Waals surface area contributed by atoms with Crippen molar-refractivity contribution in [2.24, 2.45) is 0 Å². The molecule has 2 heterocycles. The monoisotopic (exact) mass is 219 g/mol. The second-order valence-corrected chi connectivity index (χ2v) is 4.14. The number of amides is 1. The smallest absolute Gasteiger partial charge is 0.224 e. The van der Waals surface area contributed by atoms with Gasteiger partial charge in [0.15, 0.2) is 0 Å². The van der Waals surface area contributed by atoms with Gasteiger partial charge in [-0.25, -0.2) is 0 Å². The van der Waals surface area contributed by atoms with Crippen molar-refractivity contribution in [3.63, 3.8) is 0 Å². The predicted octanol–water partition coefficient (Wildman–Crippen LogP) is 0.492. The van der Waals surface area contributed by atoms with E-state index >= 15 is 0 Å². The van der Waals surface area contributed by atoms with Gasteiger partial charge in [0.25, 0.3) is 0 Å². The standard InChI is InChI=1S/C12H17N3O/c16-12(8-10-3-6-13-7-4-10)15-11-2-1-5-14-9-11/h3-4,6-7,11,14H,1-2,5,8-9H2,(H,15,16). The van der Waals surface area contributed by atoms with E-state index in [1.54, 1.807) is 12.4 Å². The first-order valence-electron chi connectivity index (χ1n) is 5.73. The summed E-state index contributed by atoms with van der Waals surface area (Å²) in [5, 5.41) is 6.32. The van der Waals surface area contributed by atoms with Crippen LogP contribution in [0, 0.1) is 0 Å². The minimum atomic E-state index is 0.0971. The Morgan fingerprint density at radius 3 is 3.00 bits per heavy atom. The van der Waals surface area contributed by atoms with E-state index in [4.69, 9.17) is 0 Å². The maximum atomic E-state index is 11.7. The van der Waals surface area contributed by atoms with Crippen LogP contribution in [0.2, 0.25) is 0 Å². The molecule has 4 heteroatoms. The lowest BCUT2D eigenvalue weighted by molar-refractivity contribution is -0.121. The number of nitrogens with zero attached hydrogens (tertiary/aromatic N) is 1. The van der Waals surface area contributed by atoms with E-state index in [-0.39, 0.29) is 5.91 Å². The molecule has 1 aliphatic heterocycles. The fourth-order valence-electron chi connectivity index (χ4n) is 1.94. The highest BCUT2D eigenvalue weighted by molar-refractivity contribution is 5.78. The normalized spacial score (nSPS) is 20.4. The van der Waals surface area contributed by atoms with Crippen LogP contribution in [0.4, 0.5) is 0 Å². The Hall–Kier alpha value is -1.42. The Morgan fingerprint density at radius 1 is 1.50 bits per heavy atom. The predicted molar refractivity (Wildman–Crippen MR) is 62.0 cm³/mol. The molecule has 0 radical (unpaired) electrons. The Kier molecular flexibility index (Phi) is 3.88. The third kappa shape index (κ3) is 3.31. The van der Waals surface area contributed by atoms with E-state index in [9.17, 15) is 4.79 Å². The molecule has 1 amide bonds. The first kappa shape index (κ1) is 11.1. The van der Waals surface area contributed by atoms with Gasteiger partial charge in [0.05, 0.1) is 6.42 Å². The molecule has 0 saturated carbocycles. The maximum absolute atomic E-state index is 11.7. The quantitative estimate of drug-likeness (QED) is 0.778. The molecule has 0 aliphatic carbocycles. The van der Waals surface area contributed by atoms with Crippen LogP contribution in [0.5, 0.6) is 0 Å². The first-order valence-corrected chi connectivity index (χ1v) is 5.73. The molecule has 1 unspecified atom stereocenters. The number of hydrogen-bond acceptors (Lipinski definition) is 3. The molecule has 1 fully saturated rings. The molecule has 16 heavy (non-hydrogen) atoms.